The van der Waals surface area contributed by atoms with Crippen molar-refractivity contribution in [3.63, 3.8) is 0 Å². The third-order valence-electron chi connectivity index (χ3n) is 4.00. The molecule has 0 unspecified atom stereocenters. The first kappa shape index (κ1) is 19.2. The molecule has 0 bridgehead atoms. The smallest absolute Gasteiger partial charge is 0.416 e. The zero-order valence-corrected chi connectivity index (χ0v) is 15.6. The van der Waals surface area contributed by atoms with Gasteiger partial charge in [-0.25, -0.2) is 4.98 Å². The van der Waals surface area contributed by atoms with Crippen LogP contribution in [0.2, 0.25) is 0 Å². The SMILES string of the molecule is Cn1c(C2=CC(Oc3ccc(C(F)(F)F)cc3Br)=CCC2)ncc(O)c1=O. The number of aromatic nitrogens is 2. The lowest BCUT2D eigenvalue weighted by Gasteiger charge is -2.17. The summed E-state index contributed by atoms with van der Waals surface area (Å²) in [5.74, 6) is 0.607. The maximum absolute atomic E-state index is 12.8. The predicted octanol–water partition coefficient (Wildman–Crippen LogP) is 4.41. The van der Waals surface area contributed by atoms with E-state index in [2.05, 4.69) is 20.9 Å². The van der Waals surface area contributed by atoms with E-state index < -0.39 is 23.0 Å². The molecule has 2 aromatic rings. The minimum Gasteiger partial charge on any atom is -0.502 e. The Labute approximate surface area is 160 Å². The van der Waals surface area contributed by atoms with Crippen LogP contribution in [0.4, 0.5) is 13.2 Å². The molecule has 0 saturated heterocycles. The van der Waals surface area contributed by atoms with Gasteiger partial charge in [0.2, 0.25) is 0 Å². The number of alkyl halides is 3. The number of hydrogen-bond donors (Lipinski definition) is 1. The van der Waals surface area contributed by atoms with Crippen LogP contribution < -0.4 is 10.3 Å². The van der Waals surface area contributed by atoms with E-state index in [9.17, 15) is 23.1 Å². The van der Waals surface area contributed by atoms with Crippen molar-refractivity contribution in [3.05, 3.63) is 68.5 Å². The molecule has 27 heavy (non-hydrogen) atoms. The van der Waals surface area contributed by atoms with E-state index >= 15 is 0 Å². The molecular weight excluding hydrogens is 429 g/mol. The van der Waals surface area contributed by atoms with Gasteiger partial charge in [0.1, 0.15) is 17.3 Å². The number of ether oxygens (including phenoxy) is 1. The summed E-state index contributed by atoms with van der Waals surface area (Å²) in [6.45, 7) is 0. The van der Waals surface area contributed by atoms with Crippen LogP contribution >= 0.6 is 15.9 Å². The molecule has 0 radical (unpaired) electrons. The lowest BCUT2D eigenvalue weighted by Crippen LogP contribution is -2.21. The van der Waals surface area contributed by atoms with Gasteiger partial charge in [-0.15, -0.1) is 0 Å². The normalized spacial score (nSPS) is 14.6. The zero-order chi connectivity index (χ0) is 19.8. The summed E-state index contributed by atoms with van der Waals surface area (Å²) in [6.07, 6.45) is 1.33. The van der Waals surface area contributed by atoms with Gasteiger partial charge < -0.3 is 9.84 Å². The van der Waals surface area contributed by atoms with E-state index in [0.717, 1.165) is 23.9 Å². The first-order valence-electron chi connectivity index (χ1n) is 7.87. The van der Waals surface area contributed by atoms with Crippen LogP contribution in [-0.2, 0) is 13.2 Å². The molecule has 0 atom stereocenters. The average Bonchev–Trinajstić information content (AvgIpc) is 2.61. The molecule has 1 N–H and O–H groups in total. The molecule has 0 aliphatic heterocycles. The second kappa shape index (κ2) is 7.22. The number of aromatic hydroxyl groups is 1. The van der Waals surface area contributed by atoms with Crippen molar-refractivity contribution in [3.8, 4) is 11.5 Å². The molecule has 0 amide bonds. The molecule has 3 rings (SSSR count). The molecule has 5 nitrogen and oxygen atoms in total. The summed E-state index contributed by atoms with van der Waals surface area (Å²) in [5, 5.41) is 9.44. The second-order valence-electron chi connectivity index (χ2n) is 5.89. The van der Waals surface area contributed by atoms with Gasteiger partial charge in [-0.05, 0) is 64.7 Å². The molecule has 0 fully saturated rings. The molecular formula is C18H14BrF3N2O3. The Bertz CT molecular complexity index is 1010. The van der Waals surface area contributed by atoms with Crippen molar-refractivity contribution in [2.45, 2.75) is 19.0 Å². The molecule has 1 aromatic carbocycles. The van der Waals surface area contributed by atoms with Gasteiger partial charge in [-0.3, -0.25) is 9.36 Å². The van der Waals surface area contributed by atoms with Gasteiger partial charge in [0.05, 0.1) is 16.2 Å². The summed E-state index contributed by atoms with van der Waals surface area (Å²) in [6, 6.07) is 3.14. The number of allylic oxidation sites excluding steroid dienone is 3. The van der Waals surface area contributed by atoms with Crippen LogP contribution in [-0.4, -0.2) is 14.7 Å². The van der Waals surface area contributed by atoms with Crippen LogP contribution in [0.15, 0.2) is 51.6 Å². The predicted molar refractivity (Wildman–Crippen MR) is 96.2 cm³/mol. The topological polar surface area (TPSA) is 64.3 Å². The Kier molecular flexibility index (Phi) is 5.14. The molecule has 1 aliphatic rings. The highest BCUT2D eigenvalue weighted by Gasteiger charge is 2.31. The van der Waals surface area contributed by atoms with Crippen LogP contribution in [0.5, 0.6) is 11.5 Å². The highest BCUT2D eigenvalue weighted by atomic mass is 79.9. The maximum Gasteiger partial charge on any atom is 0.416 e. The number of halogens is 4. The average molecular weight is 443 g/mol. The standard InChI is InChI=1S/C18H14BrF3N2O3/c1-24-16(23-9-14(25)17(24)26)10-3-2-4-12(7-10)27-15-6-5-11(8-13(15)19)18(20,21)22/h4-9,25H,2-3H2,1H3. The van der Waals surface area contributed by atoms with Gasteiger partial charge >= 0.3 is 6.18 Å². The second-order valence-corrected chi connectivity index (χ2v) is 6.75. The van der Waals surface area contributed by atoms with Crippen LogP contribution in [0, 0.1) is 0 Å². The fraction of sp³-hybridized carbons (Fsp3) is 0.222. The lowest BCUT2D eigenvalue weighted by molar-refractivity contribution is -0.137. The summed E-state index contributed by atoms with van der Waals surface area (Å²) in [4.78, 5) is 16.0. The van der Waals surface area contributed by atoms with E-state index in [0.29, 0.717) is 24.4 Å². The highest BCUT2D eigenvalue weighted by Crippen LogP contribution is 2.36. The number of nitrogens with zero attached hydrogens (tertiary/aromatic N) is 2. The fourth-order valence-corrected chi connectivity index (χ4v) is 3.10. The van der Waals surface area contributed by atoms with Crippen LogP contribution in [0.1, 0.15) is 24.2 Å². The zero-order valence-electron chi connectivity index (χ0n) is 14.0. The third-order valence-corrected chi connectivity index (χ3v) is 4.62. The Morgan fingerprint density at radius 1 is 1.33 bits per heavy atom. The minimum absolute atomic E-state index is 0.175. The molecule has 0 saturated carbocycles. The van der Waals surface area contributed by atoms with Crippen LogP contribution in [0.25, 0.3) is 5.57 Å². The molecule has 0 spiro atoms. The van der Waals surface area contributed by atoms with Gasteiger partial charge in [0.25, 0.3) is 5.56 Å². The van der Waals surface area contributed by atoms with Crippen molar-refractivity contribution >= 4 is 21.5 Å². The van der Waals surface area contributed by atoms with E-state index in [-0.39, 0.29) is 10.2 Å². The van der Waals surface area contributed by atoms with Crippen LogP contribution in [0.3, 0.4) is 0 Å². The largest absolute Gasteiger partial charge is 0.502 e. The van der Waals surface area contributed by atoms with Crippen molar-refractivity contribution in [2.24, 2.45) is 7.05 Å². The fourth-order valence-electron chi connectivity index (χ4n) is 2.64. The Morgan fingerprint density at radius 3 is 2.74 bits per heavy atom. The minimum atomic E-state index is -4.44. The van der Waals surface area contributed by atoms with Crippen molar-refractivity contribution < 1.29 is 23.0 Å². The Balaban J connectivity index is 1.88. The molecule has 1 heterocycles. The van der Waals surface area contributed by atoms with Gasteiger partial charge in [-0.1, -0.05) is 0 Å². The van der Waals surface area contributed by atoms with E-state index in [4.69, 9.17) is 4.74 Å². The van der Waals surface area contributed by atoms with Gasteiger partial charge in [0.15, 0.2) is 5.75 Å². The summed E-state index contributed by atoms with van der Waals surface area (Å²) >= 11 is 3.10. The summed E-state index contributed by atoms with van der Waals surface area (Å²) in [7, 11) is 1.50. The summed E-state index contributed by atoms with van der Waals surface area (Å²) < 4.78 is 45.4. The number of benzene rings is 1. The number of hydrogen-bond acceptors (Lipinski definition) is 4. The third kappa shape index (κ3) is 4.08. The quantitative estimate of drug-likeness (QED) is 0.764. The first-order chi connectivity index (χ1) is 12.7. The van der Waals surface area contributed by atoms with Crippen molar-refractivity contribution in [1.82, 2.24) is 9.55 Å². The summed E-state index contributed by atoms with van der Waals surface area (Å²) in [5.41, 5.74) is -0.627. The van der Waals surface area contributed by atoms with Crippen molar-refractivity contribution in [1.29, 1.82) is 0 Å². The Morgan fingerprint density at radius 2 is 2.07 bits per heavy atom. The molecule has 9 heteroatoms. The van der Waals surface area contributed by atoms with E-state index in [1.165, 1.54) is 17.7 Å². The van der Waals surface area contributed by atoms with Gasteiger partial charge in [0, 0.05) is 7.05 Å². The van der Waals surface area contributed by atoms with Crippen molar-refractivity contribution in [2.75, 3.05) is 0 Å². The van der Waals surface area contributed by atoms with E-state index in [1.54, 1.807) is 12.2 Å². The van der Waals surface area contributed by atoms with E-state index in [1.807, 2.05) is 0 Å². The maximum atomic E-state index is 12.8. The van der Waals surface area contributed by atoms with Gasteiger partial charge in [-0.2, -0.15) is 13.2 Å². The molecule has 1 aromatic heterocycles. The Hall–Kier alpha value is -2.55. The lowest BCUT2D eigenvalue weighted by atomic mass is 10.0. The molecule has 1 aliphatic carbocycles. The monoisotopic (exact) mass is 442 g/mol. The molecule has 142 valence electrons. The first-order valence-corrected chi connectivity index (χ1v) is 8.67. The number of rotatable bonds is 3. The highest BCUT2D eigenvalue weighted by molar-refractivity contribution is 9.10.